The van der Waals surface area contributed by atoms with E-state index in [9.17, 15) is 9.90 Å². The van der Waals surface area contributed by atoms with Crippen molar-refractivity contribution in [1.82, 2.24) is 4.90 Å². The molecule has 0 radical (unpaired) electrons. The SMILES string of the molecule is CN(Cc1csc(Br)c1)C(=O)C(N)Cc1ccc(O)cc1. The number of hydrogen-bond donors (Lipinski definition) is 2. The van der Waals surface area contributed by atoms with Crippen LogP contribution in [-0.2, 0) is 17.8 Å². The number of carbonyl (C=O) groups excluding carboxylic acids is 1. The second-order valence-electron chi connectivity index (χ2n) is 4.93. The van der Waals surface area contributed by atoms with E-state index in [4.69, 9.17) is 5.73 Å². The highest BCUT2D eigenvalue weighted by Gasteiger charge is 2.19. The molecule has 0 saturated carbocycles. The van der Waals surface area contributed by atoms with Gasteiger partial charge in [0.25, 0.3) is 0 Å². The molecule has 1 amide bonds. The highest BCUT2D eigenvalue weighted by molar-refractivity contribution is 9.11. The summed E-state index contributed by atoms with van der Waals surface area (Å²) in [6.45, 7) is 0.546. The number of halogens is 1. The smallest absolute Gasteiger partial charge is 0.239 e. The molecule has 0 aliphatic heterocycles. The number of rotatable bonds is 5. The molecule has 1 aromatic heterocycles. The number of aromatic hydroxyl groups is 1. The first-order valence-electron chi connectivity index (χ1n) is 6.47. The van der Waals surface area contributed by atoms with Crippen molar-refractivity contribution in [3.8, 4) is 5.75 Å². The Bertz CT molecular complexity index is 612. The monoisotopic (exact) mass is 368 g/mol. The third-order valence-corrected chi connectivity index (χ3v) is 4.68. The van der Waals surface area contributed by atoms with Gasteiger partial charge in [-0.15, -0.1) is 11.3 Å². The standard InChI is InChI=1S/C15H17BrN2O2S/c1-18(8-11-7-14(16)21-9-11)15(20)13(17)6-10-2-4-12(19)5-3-10/h2-5,7,9,13,19H,6,8,17H2,1H3. The van der Waals surface area contributed by atoms with E-state index in [-0.39, 0.29) is 11.7 Å². The maximum absolute atomic E-state index is 12.3. The Morgan fingerprint density at radius 1 is 1.38 bits per heavy atom. The van der Waals surface area contributed by atoms with Gasteiger partial charge in [-0.25, -0.2) is 0 Å². The molecular formula is C15H17BrN2O2S. The second-order valence-corrected chi connectivity index (χ2v) is 7.22. The average Bonchev–Trinajstić information content (AvgIpc) is 2.85. The average molecular weight is 369 g/mol. The Morgan fingerprint density at radius 2 is 2.05 bits per heavy atom. The van der Waals surface area contributed by atoms with Crippen molar-refractivity contribution in [2.75, 3.05) is 7.05 Å². The molecule has 0 fully saturated rings. The molecule has 3 N–H and O–H groups in total. The zero-order valence-corrected chi connectivity index (χ0v) is 14.0. The fourth-order valence-electron chi connectivity index (χ4n) is 2.04. The van der Waals surface area contributed by atoms with Crippen molar-refractivity contribution >= 4 is 33.2 Å². The maximum atomic E-state index is 12.3. The third-order valence-electron chi connectivity index (χ3n) is 3.13. The van der Waals surface area contributed by atoms with Crippen LogP contribution in [0.4, 0.5) is 0 Å². The van der Waals surface area contributed by atoms with Gasteiger partial charge in [0.1, 0.15) is 5.75 Å². The van der Waals surface area contributed by atoms with Crippen LogP contribution in [0.2, 0.25) is 0 Å². The fourth-order valence-corrected chi connectivity index (χ4v) is 3.24. The molecule has 0 aliphatic carbocycles. The molecule has 2 aromatic rings. The Kier molecular flexibility index (Phi) is 5.39. The lowest BCUT2D eigenvalue weighted by atomic mass is 10.1. The highest BCUT2D eigenvalue weighted by atomic mass is 79.9. The lowest BCUT2D eigenvalue weighted by Crippen LogP contribution is -2.42. The number of phenols is 1. The predicted octanol–water partition coefficient (Wildman–Crippen LogP) is 2.74. The fraction of sp³-hybridized carbons (Fsp3) is 0.267. The van der Waals surface area contributed by atoms with Crippen LogP contribution in [0.1, 0.15) is 11.1 Å². The Morgan fingerprint density at radius 3 is 2.62 bits per heavy atom. The molecule has 0 aliphatic rings. The maximum Gasteiger partial charge on any atom is 0.239 e. The summed E-state index contributed by atoms with van der Waals surface area (Å²) in [5.41, 5.74) is 8.00. The molecule has 1 atom stereocenters. The first-order valence-corrected chi connectivity index (χ1v) is 8.14. The largest absolute Gasteiger partial charge is 0.508 e. The summed E-state index contributed by atoms with van der Waals surface area (Å²) >= 11 is 5.00. The van der Waals surface area contributed by atoms with Crippen molar-refractivity contribution in [2.24, 2.45) is 5.73 Å². The second kappa shape index (κ2) is 7.06. The zero-order chi connectivity index (χ0) is 15.4. The molecule has 0 saturated heterocycles. The molecule has 2 rings (SSSR count). The van der Waals surface area contributed by atoms with E-state index in [2.05, 4.69) is 15.9 Å². The zero-order valence-electron chi connectivity index (χ0n) is 11.6. The molecule has 112 valence electrons. The van der Waals surface area contributed by atoms with E-state index in [1.807, 2.05) is 11.4 Å². The molecule has 1 aromatic carbocycles. The van der Waals surface area contributed by atoms with Gasteiger partial charge in [0.2, 0.25) is 5.91 Å². The number of benzene rings is 1. The van der Waals surface area contributed by atoms with Crippen LogP contribution in [0.15, 0.2) is 39.5 Å². The van der Waals surface area contributed by atoms with E-state index >= 15 is 0 Å². The van der Waals surface area contributed by atoms with Crippen LogP contribution in [0.5, 0.6) is 5.75 Å². The van der Waals surface area contributed by atoms with Crippen molar-refractivity contribution in [1.29, 1.82) is 0 Å². The van der Waals surface area contributed by atoms with Crippen LogP contribution in [0, 0.1) is 0 Å². The van der Waals surface area contributed by atoms with E-state index < -0.39 is 6.04 Å². The van der Waals surface area contributed by atoms with E-state index in [1.165, 1.54) is 0 Å². The summed E-state index contributed by atoms with van der Waals surface area (Å²) in [4.78, 5) is 13.9. The van der Waals surface area contributed by atoms with Gasteiger partial charge in [-0.05, 0) is 57.1 Å². The summed E-state index contributed by atoms with van der Waals surface area (Å²) < 4.78 is 1.05. The number of likely N-dealkylation sites (N-methyl/N-ethyl adjacent to an activating group) is 1. The molecule has 0 spiro atoms. The third kappa shape index (κ3) is 4.56. The summed E-state index contributed by atoms with van der Waals surface area (Å²) in [7, 11) is 1.75. The first-order chi connectivity index (χ1) is 9.95. The van der Waals surface area contributed by atoms with Gasteiger partial charge in [0.05, 0.1) is 9.83 Å². The van der Waals surface area contributed by atoms with Crippen LogP contribution in [0.3, 0.4) is 0 Å². The summed E-state index contributed by atoms with van der Waals surface area (Å²) in [6.07, 6.45) is 0.455. The molecular weight excluding hydrogens is 352 g/mol. The van der Waals surface area contributed by atoms with Crippen molar-refractivity contribution in [3.05, 3.63) is 50.6 Å². The van der Waals surface area contributed by atoms with Gasteiger partial charge in [-0.3, -0.25) is 4.79 Å². The Hall–Kier alpha value is -1.37. The van der Waals surface area contributed by atoms with Gasteiger partial charge in [0, 0.05) is 13.6 Å². The Labute approximate surface area is 136 Å². The van der Waals surface area contributed by atoms with Crippen molar-refractivity contribution in [3.63, 3.8) is 0 Å². The van der Waals surface area contributed by atoms with Crippen molar-refractivity contribution < 1.29 is 9.90 Å². The van der Waals surface area contributed by atoms with Crippen LogP contribution < -0.4 is 5.73 Å². The normalized spacial score (nSPS) is 12.1. The molecule has 1 heterocycles. The summed E-state index contributed by atoms with van der Waals surface area (Å²) in [6, 6.07) is 8.16. The van der Waals surface area contributed by atoms with E-state index in [0.29, 0.717) is 13.0 Å². The van der Waals surface area contributed by atoms with Crippen molar-refractivity contribution in [2.45, 2.75) is 19.0 Å². The molecule has 6 heteroatoms. The molecule has 1 unspecified atom stereocenters. The van der Waals surface area contributed by atoms with Gasteiger partial charge in [-0.2, -0.15) is 0 Å². The minimum atomic E-state index is -0.582. The highest BCUT2D eigenvalue weighted by Crippen LogP contribution is 2.21. The van der Waals surface area contributed by atoms with Crippen LogP contribution in [-0.4, -0.2) is 29.0 Å². The van der Waals surface area contributed by atoms with Gasteiger partial charge < -0.3 is 15.7 Å². The van der Waals surface area contributed by atoms with Crippen LogP contribution in [0.25, 0.3) is 0 Å². The first kappa shape index (κ1) is 16.0. The van der Waals surface area contributed by atoms with Gasteiger partial charge in [-0.1, -0.05) is 12.1 Å². The number of hydrogen-bond acceptors (Lipinski definition) is 4. The lowest BCUT2D eigenvalue weighted by Gasteiger charge is -2.21. The topological polar surface area (TPSA) is 66.6 Å². The number of thiophene rings is 1. The van der Waals surface area contributed by atoms with E-state index in [0.717, 1.165) is 14.9 Å². The Balaban J connectivity index is 1.93. The number of nitrogens with two attached hydrogens (primary N) is 1. The quantitative estimate of drug-likeness (QED) is 0.852. The number of nitrogens with zero attached hydrogens (tertiary/aromatic N) is 1. The lowest BCUT2D eigenvalue weighted by molar-refractivity contribution is -0.131. The summed E-state index contributed by atoms with van der Waals surface area (Å²) in [5.74, 6) is 0.115. The van der Waals surface area contributed by atoms with E-state index in [1.54, 1.807) is 47.5 Å². The minimum absolute atomic E-state index is 0.0922. The van der Waals surface area contributed by atoms with Crippen LogP contribution >= 0.6 is 27.3 Å². The molecule has 4 nitrogen and oxygen atoms in total. The molecule has 21 heavy (non-hydrogen) atoms. The number of amides is 1. The van der Waals surface area contributed by atoms with Gasteiger partial charge in [0.15, 0.2) is 0 Å². The number of phenolic OH excluding ortho intramolecular Hbond substituents is 1. The molecule has 0 bridgehead atoms. The minimum Gasteiger partial charge on any atom is -0.508 e. The summed E-state index contributed by atoms with van der Waals surface area (Å²) in [5, 5.41) is 11.3. The number of carbonyl (C=O) groups is 1. The predicted molar refractivity (Wildman–Crippen MR) is 88.3 cm³/mol. The van der Waals surface area contributed by atoms with Gasteiger partial charge >= 0.3 is 0 Å².